The number of amides is 1. The number of hydrogen-bond donors (Lipinski definition) is 0. The molecule has 0 saturated carbocycles. The minimum atomic E-state index is -5.91. The van der Waals surface area contributed by atoms with Gasteiger partial charge in [0, 0.05) is 18.2 Å². The lowest BCUT2D eigenvalue weighted by Gasteiger charge is -2.20. The SMILES string of the molecule is COC(=O)[C@@H]1CC(OS(=O)(=O)C(F)(F)F)=CN1C(=O)c1ccccc1. The van der Waals surface area contributed by atoms with Gasteiger partial charge in [0.05, 0.1) is 7.11 Å². The Balaban J connectivity index is 2.33. The standard InChI is InChI=1S/C14H12F3NO6S/c1-23-13(20)11-7-10(24-25(21,22)14(15,16)17)8-18(11)12(19)9-5-3-2-4-6-9/h2-6,8,11H,7H2,1H3/t11-/m0/s1. The molecule has 2 rings (SSSR count). The van der Waals surface area contributed by atoms with Crippen LogP contribution in [0, 0.1) is 0 Å². The van der Waals surface area contributed by atoms with Gasteiger partial charge in [-0.15, -0.1) is 0 Å². The second-order valence-electron chi connectivity index (χ2n) is 4.90. The fourth-order valence-corrected chi connectivity index (χ4v) is 2.58. The molecule has 0 aromatic heterocycles. The average molecular weight is 379 g/mol. The molecule has 0 saturated heterocycles. The zero-order valence-corrected chi connectivity index (χ0v) is 13.5. The molecule has 0 N–H and O–H groups in total. The van der Waals surface area contributed by atoms with Gasteiger partial charge in [-0.05, 0) is 12.1 Å². The summed E-state index contributed by atoms with van der Waals surface area (Å²) in [5.41, 5.74) is -5.49. The van der Waals surface area contributed by atoms with Crippen LogP contribution in [0.5, 0.6) is 0 Å². The van der Waals surface area contributed by atoms with Gasteiger partial charge in [-0.25, -0.2) is 4.79 Å². The summed E-state index contributed by atoms with van der Waals surface area (Å²) in [6.07, 6.45) is 0.181. The highest BCUT2D eigenvalue weighted by molar-refractivity contribution is 7.87. The van der Waals surface area contributed by atoms with Gasteiger partial charge in [0.2, 0.25) is 0 Å². The monoisotopic (exact) mass is 379 g/mol. The van der Waals surface area contributed by atoms with Crippen LogP contribution in [0.4, 0.5) is 13.2 Å². The Kier molecular flexibility index (Phi) is 5.07. The molecule has 7 nitrogen and oxygen atoms in total. The van der Waals surface area contributed by atoms with Gasteiger partial charge >= 0.3 is 21.6 Å². The van der Waals surface area contributed by atoms with Crippen LogP contribution in [0.15, 0.2) is 42.3 Å². The second kappa shape index (κ2) is 6.75. The highest BCUT2D eigenvalue weighted by Gasteiger charge is 2.50. The molecular formula is C14H12F3NO6S. The van der Waals surface area contributed by atoms with Crippen LogP contribution in [0.1, 0.15) is 16.8 Å². The maximum atomic E-state index is 12.4. The number of nitrogens with zero attached hydrogens (tertiary/aromatic N) is 1. The van der Waals surface area contributed by atoms with E-state index in [1.54, 1.807) is 18.2 Å². The maximum Gasteiger partial charge on any atom is 0.534 e. The molecule has 1 heterocycles. The van der Waals surface area contributed by atoms with E-state index in [2.05, 4.69) is 8.92 Å². The van der Waals surface area contributed by atoms with Crippen molar-refractivity contribution in [2.45, 2.75) is 18.0 Å². The third-order valence-corrected chi connectivity index (χ3v) is 4.24. The minimum absolute atomic E-state index is 0.146. The summed E-state index contributed by atoms with van der Waals surface area (Å²) < 4.78 is 68.0. The number of rotatable bonds is 4. The lowest BCUT2D eigenvalue weighted by Crippen LogP contribution is -2.39. The summed E-state index contributed by atoms with van der Waals surface area (Å²) in [7, 11) is -4.88. The van der Waals surface area contributed by atoms with Gasteiger partial charge in [0.25, 0.3) is 5.91 Å². The molecule has 0 spiro atoms. The van der Waals surface area contributed by atoms with Crippen molar-refractivity contribution in [1.29, 1.82) is 0 Å². The maximum absolute atomic E-state index is 12.4. The van der Waals surface area contributed by atoms with Gasteiger partial charge in [-0.1, -0.05) is 18.2 Å². The highest BCUT2D eigenvalue weighted by Crippen LogP contribution is 2.32. The van der Waals surface area contributed by atoms with Crippen LogP contribution in [0.25, 0.3) is 0 Å². The highest BCUT2D eigenvalue weighted by atomic mass is 32.2. The van der Waals surface area contributed by atoms with Crippen LogP contribution < -0.4 is 0 Å². The Hall–Kier alpha value is -2.56. The van der Waals surface area contributed by atoms with Gasteiger partial charge in [-0.2, -0.15) is 21.6 Å². The summed E-state index contributed by atoms with van der Waals surface area (Å²) in [5.74, 6) is -2.35. The summed E-state index contributed by atoms with van der Waals surface area (Å²) in [6, 6.07) is 6.25. The number of halogens is 3. The van der Waals surface area contributed by atoms with Gasteiger partial charge < -0.3 is 8.92 Å². The number of ether oxygens (including phenoxy) is 1. The summed E-state index contributed by atoms with van der Waals surface area (Å²) in [6.45, 7) is 0. The predicted molar refractivity (Wildman–Crippen MR) is 77.2 cm³/mol. The molecule has 1 aliphatic rings. The van der Waals surface area contributed by atoms with E-state index in [0.717, 1.165) is 18.2 Å². The van der Waals surface area contributed by atoms with Crippen LogP contribution in [0.2, 0.25) is 0 Å². The molecule has 1 aromatic rings. The lowest BCUT2D eigenvalue weighted by molar-refractivity contribution is -0.144. The van der Waals surface area contributed by atoms with Crippen molar-refractivity contribution in [2.75, 3.05) is 7.11 Å². The fourth-order valence-electron chi connectivity index (χ4n) is 2.09. The van der Waals surface area contributed by atoms with Crippen LogP contribution >= 0.6 is 0 Å². The Labute approximate surface area is 140 Å². The van der Waals surface area contributed by atoms with Gasteiger partial charge in [0.1, 0.15) is 11.8 Å². The van der Waals surface area contributed by atoms with Crippen molar-refractivity contribution in [2.24, 2.45) is 0 Å². The number of methoxy groups -OCH3 is 1. The molecule has 0 aliphatic carbocycles. The molecule has 11 heteroatoms. The first-order valence-corrected chi connectivity index (χ1v) is 8.14. The molecule has 0 radical (unpaired) electrons. The van der Waals surface area contributed by atoms with E-state index < -0.39 is 45.7 Å². The van der Waals surface area contributed by atoms with Crippen molar-refractivity contribution in [3.8, 4) is 0 Å². The molecule has 0 fully saturated rings. The first-order chi connectivity index (χ1) is 11.6. The number of carbonyl (C=O) groups excluding carboxylic acids is 2. The molecule has 1 aliphatic heterocycles. The number of benzene rings is 1. The molecule has 1 aromatic carbocycles. The largest absolute Gasteiger partial charge is 0.534 e. The Morgan fingerprint density at radius 2 is 1.80 bits per heavy atom. The van der Waals surface area contributed by atoms with Crippen molar-refractivity contribution >= 4 is 22.0 Å². The topological polar surface area (TPSA) is 90.0 Å². The Morgan fingerprint density at radius 3 is 2.32 bits per heavy atom. The smallest absolute Gasteiger partial charge is 0.467 e. The minimum Gasteiger partial charge on any atom is -0.467 e. The first-order valence-electron chi connectivity index (χ1n) is 6.74. The fraction of sp³-hybridized carbons (Fsp3) is 0.286. The number of esters is 1. The zero-order valence-electron chi connectivity index (χ0n) is 12.7. The molecule has 25 heavy (non-hydrogen) atoms. The zero-order chi connectivity index (χ0) is 18.8. The van der Waals surface area contributed by atoms with E-state index in [0.29, 0.717) is 0 Å². The van der Waals surface area contributed by atoms with Gasteiger partial charge in [0.15, 0.2) is 0 Å². The van der Waals surface area contributed by atoms with Crippen LogP contribution in [-0.4, -0.2) is 43.9 Å². The van der Waals surface area contributed by atoms with E-state index in [1.165, 1.54) is 12.1 Å². The van der Waals surface area contributed by atoms with Crippen molar-refractivity contribution < 1.29 is 40.1 Å². The van der Waals surface area contributed by atoms with Crippen LogP contribution in [-0.2, 0) is 23.8 Å². The third kappa shape index (κ3) is 3.92. The summed E-state index contributed by atoms with van der Waals surface area (Å²) >= 11 is 0. The molecule has 1 atom stereocenters. The summed E-state index contributed by atoms with van der Waals surface area (Å²) in [5, 5.41) is 0. The number of hydrogen-bond acceptors (Lipinski definition) is 6. The Morgan fingerprint density at radius 1 is 1.20 bits per heavy atom. The normalized spacial score (nSPS) is 17.8. The second-order valence-corrected chi connectivity index (χ2v) is 6.44. The number of alkyl halides is 3. The molecule has 136 valence electrons. The molecular weight excluding hydrogens is 367 g/mol. The molecule has 1 amide bonds. The third-order valence-electron chi connectivity index (χ3n) is 3.24. The quantitative estimate of drug-likeness (QED) is 0.450. The van der Waals surface area contributed by atoms with Crippen molar-refractivity contribution in [1.82, 2.24) is 4.90 Å². The average Bonchev–Trinajstić information content (AvgIpc) is 2.96. The lowest BCUT2D eigenvalue weighted by atomic mass is 10.1. The van der Waals surface area contributed by atoms with Gasteiger partial charge in [-0.3, -0.25) is 9.69 Å². The van der Waals surface area contributed by atoms with E-state index >= 15 is 0 Å². The van der Waals surface area contributed by atoms with E-state index in [9.17, 15) is 31.2 Å². The predicted octanol–water partition coefficient (Wildman–Crippen LogP) is 1.78. The molecule has 0 unspecified atom stereocenters. The van der Waals surface area contributed by atoms with E-state index in [4.69, 9.17) is 0 Å². The van der Waals surface area contributed by atoms with Crippen molar-refractivity contribution in [3.63, 3.8) is 0 Å². The van der Waals surface area contributed by atoms with Crippen molar-refractivity contribution in [3.05, 3.63) is 47.9 Å². The Bertz CT molecular complexity index is 804. The molecule has 0 bridgehead atoms. The van der Waals surface area contributed by atoms with Crippen LogP contribution in [0.3, 0.4) is 0 Å². The van der Waals surface area contributed by atoms with E-state index in [1.807, 2.05) is 0 Å². The first kappa shape index (κ1) is 18.8. The summed E-state index contributed by atoms with van der Waals surface area (Å²) in [4.78, 5) is 25.0. The number of carbonyl (C=O) groups is 2. The van der Waals surface area contributed by atoms with E-state index in [-0.39, 0.29) is 5.56 Å².